The molecule has 1 N–H and O–H groups in total. The van der Waals surface area contributed by atoms with Gasteiger partial charge in [0.25, 0.3) is 0 Å². The summed E-state index contributed by atoms with van der Waals surface area (Å²) in [6.07, 6.45) is 7.35. The predicted octanol–water partition coefficient (Wildman–Crippen LogP) is 1.62. The minimum absolute atomic E-state index is 0.122. The monoisotopic (exact) mass is 204 g/mol. The van der Waals surface area contributed by atoms with E-state index >= 15 is 0 Å². The van der Waals surface area contributed by atoms with Crippen LogP contribution in [0, 0.1) is 0 Å². The number of hydrogen-bond acceptors (Lipinski definition) is 3. The predicted molar refractivity (Wildman–Crippen MR) is 59.6 cm³/mol. The van der Waals surface area contributed by atoms with Crippen molar-refractivity contribution in [3.8, 4) is 0 Å². The summed E-state index contributed by atoms with van der Waals surface area (Å²) in [5.41, 5.74) is 2.17. The molecule has 4 nitrogen and oxygen atoms in total. The Kier molecular flexibility index (Phi) is 2.44. The second-order valence-corrected chi connectivity index (χ2v) is 4.66. The molecular formula is C11H16N4. The molecule has 0 fully saturated rings. The summed E-state index contributed by atoms with van der Waals surface area (Å²) in [5.74, 6) is 0. The van der Waals surface area contributed by atoms with Gasteiger partial charge in [0.2, 0.25) is 0 Å². The first kappa shape index (κ1) is 10.1. The summed E-state index contributed by atoms with van der Waals surface area (Å²) in [6, 6.07) is 0. The van der Waals surface area contributed by atoms with Crippen LogP contribution in [0.4, 0.5) is 0 Å². The van der Waals surface area contributed by atoms with Gasteiger partial charge in [0.15, 0.2) is 5.65 Å². The number of hydrogen-bond donors (Lipinski definition) is 1. The van der Waals surface area contributed by atoms with Crippen LogP contribution in [0.2, 0.25) is 0 Å². The molecule has 0 radical (unpaired) electrons. The lowest BCUT2D eigenvalue weighted by atomic mass is 10.1. The van der Waals surface area contributed by atoms with Crippen molar-refractivity contribution in [3.05, 3.63) is 30.5 Å². The third-order valence-electron chi connectivity index (χ3n) is 2.19. The number of fused-ring (bicyclic) bond motifs is 1. The molecule has 0 aliphatic carbocycles. The van der Waals surface area contributed by atoms with Gasteiger partial charge in [-0.2, -0.15) is 0 Å². The molecule has 2 rings (SSSR count). The second-order valence-electron chi connectivity index (χ2n) is 4.66. The number of nitrogens with one attached hydrogen (secondary N) is 1. The maximum Gasteiger partial charge on any atom is 0.155 e. The highest BCUT2D eigenvalue weighted by atomic mass is 15.1. The van der Waals surface area contributed by atoms with Crippen molar-refractivity contribution < 1.29 is 0 Å². The Morgan fingerprint density at radius 2 is 2.13 bits per heavy atom. The van der Waals surface area contributed by atoms with E-state index in [4.69, 9.17) is 0 Å². The van der Waals surface area contributed by atoms with Crippen LogP contribution in [0.25, 0.3) is 5.65 Å². The van der Waals surface area contributed by atoms with E-state index in [1.807, 2.05) is 16.8 Å². The van der Waals surface area contributed by atoms with Gasteiger partial charge in [0, 0.05) is 24.5 Å². The standard InChI is InChI=1S/C11H16N4/c1-11(2,3)14-7-9-6-13-10-8-12-4-5-15(9)10/h4-6,8,14H,7H2,1-3H3. The van der Waals surface area contributed by atoms with Gasteiger partial charge in [-0.05, 0) is 20.8 Å². The molecule has 0 saturated heterocycles. The summed E-state index contributed by atoms with van der Waals surface area (Å²) in [6.45, 7) is 7.27. The van der Waals surface area contributed by atoms with E-state index in [1.165, 1.54) is 0 Å². The van der Waals surface area contributed by atoms with Crippen molar-refractivity contribution in [1.82, 2.24) is 19.7 Å². The van der Waals surface area contributed by atoms with E-state index < -0.39 is 0 Å². The Balaban J connectivity index is 2.22. The molecule has 2 heterocycles. The Labute approximate surface area is 89.4 Å². The van der Waals surface area contributed by atoms with Gasteiger partial charge in [-0.15, -0.1) is 0 Å². The van der Waals surface area contributed by atoms with Crippen molar-refractivity contribution in [2.75, 3.05) is 0 Å². The van der Waals surface area contributed by atoms with Crippen LogP contribution < -0.4 is 5.32 Å². The zero-order valence-corrected chi connectivity index (χ0v) is 9.36. The molecule has 2 aromatic rings. The van der Waals surface area contributed by atoms with Gasteiger partial charge in [0.1, 0.15) is 0 Å². The second kappa shape index (κ2) is 3.62. The molecule has 0 unspecified atom stereocenters. The number of aromatic nitrogens is 3. The molecule has 0 aromatic carbocycles. The largest absolute Gasteiger partial charge is 0.306 e. The van der Waals surface area contributed by atoms with Crippen LogP contribution in [0.5, 0.6) is 0 Å². The molecule has 4 heteroatoms. The number of nitrogens with zero attached hydrogens (tertiary/aromatic N) is 3. The summed E-state index contributed by atoms with van der Waals surface area (Å²) >= 11 is 0. The lowest BCUT2D eigenvalue weighted by Crippen LogP contribution is -2.35. The summed E-state index contributed by atoms with van der Waals surface area (Å²) < 4.78 is 2.05. The topological polar surface area (TPSA) is 42.2 Å². The van der Waals surface area contributed by atoms with Gasteiger partial charge in [-0.3, -0.25) is 9.38 Å². The highest BCUT2D eigenvalue weighted by Crippen LogP contribution is 2.06. The van der Waals surface area contributed by atoms with Crippen molar-refractivity contribution >= 4 is 5.65 Å². The normalized spacial score (nSPS) is 12.2. The SMILES string of the molecule is CC(C)(C)NCc1cnc2cnccn12. The quantitative estimate of drug-likeness (QED) is 0.808. The molecule has 80 valence electrons. The third-order valence-corrected chi connectivity index (χ3v) is 2.19. The minimum atomic E-state index is 0.122. The first-order chi connectivity index (χ1) is 7.06. The van der Waals surface area contributed by atoms with Crippen molar-refractivity contribution in [1.29, 1.82) is 0 Å². The average molecular weight is 204 g/mol. The van der Waals surface area contributed by atoms with Crippen LogP contribution in [0.1, 0.15) is 26.5 Å². The van der Waals surface area contributed by atoms with Gasteiger partial charge < -0.3 is 5.32 Å². The fraction of sp³-hybridized carbons (Fsp3) is 0.455. The maximum atomic E-state index is 4.28. The fourth-order valence-electron chi connectivity index (χ4n) is 1.38. The molecule has 0 aliphatic heterocycles. The van der Waals surface area contributed by atoms with Crippen LogP contribution >= 0.6 is 0 Å². The van der Waals surface area contributed by atoms with Crippen molar-refractivity contribution in [3.63, 3.8) is 0 Å². The van der Waals surface area contributed by atoms with Gasteiger partial charge in [0.05, 0.1) is 18.1 Å². The molecule has 15 heavy (non-hydrogen) atoms. The van der Waals surface area contributed by atoms with Gasteiger partial charge in [-0.25, -0.2) is 4.98 Å². The highest BCUT2D eigenvalue weighted by molar-refractivity contribution is 5.36. The van der Waals surface area contributed by atoms with E-state index in [1.54, 1.807) is 12.4 Å². The molecular weight excluding hydrogens is 188 g/mol. The summed E-state index contributed by atoms with van der Waals surface area (Å²) in [5, 5.41) is 3.44. The fourth-order valence-corrected chi connectivity index (χ4v) is 1.38. The first-order valence-electron chi connectivity index (χ1n) is 5.07. The van der Waals surface area contributed by atoms with Crippen LogP contribution in [0.3, 0.4) is 0 Å². The Morgan fingerprint density at radius 1 is 1.33 bits per heavy atom. The van der Waals surface area contributed by atoms with Gasteiger partial charge in [-0.1, -0.05) is 0 Å². The molecule has 0 bridgehead atoms. The molecule has 0 saturated carbocycles. The summed E-state index contributed by atoms with van der Waals surface area (Å²) in [4.78, 5) is 8.31. The van der Waals surface area contributed by atoms with Crippen LogP contribution in [-0.4, -0.2) is 19.9 Å². The highest BCUT2D eigenvalue weighted by Gasteiger charge is 2.10. The number of rotatable bonds is 2. The molecule has 0 atom stereocenters. The van der Waals surface area contributed by atoms with Gasteiger partial charge >= 0.3 is 0 Å². The zero-order chi connectivity index (χ0) is 10.9. The molecule has 0 amide bonds. The zero-order valence-electron chi connectivity index (χ0n) is 9.36. The Hall–Kier alpha value is -1.42. The van der Waals surface area contributed by atoms with E-state index in [-0.39, 0.29) is 5.54 Å². The lowest BCUT2D eigenvalue weighted by Gasteiger charge is -2.20. The average Bonchev–Trinajstić information content (AvgIpc) is 2.57. The van der Waals surface area contributed by atoms with Crippen LogP contribution in [-0.2, 0) is 6.54 Å². The summed E-state index contributed by atoms with van der Waals surface area (Å²) in [7, 11) is 0. The van der Waals surface area contributed by atoms with E-state index in [0.717, 1.165) is 17.9 Å². The maximum absolute atomic E-state index is 4.28. The third kappa shape index (κ3) is 2.33. The van der Waals surface area contributed by atoms with Crippen molar-refractivity contribution in [2.24, 2.45) is 0 Å². The lowest BCUT2D eigenvalue weighted by molar-refractivity contribution is 0.420. The number of imidazole rings is 1. The van der Waals surface area contributed by atoms with Crippen molar-refractivity contribution in [2.45, 2.75) is 32.9 Å². The van der Waals surface area contributed by atoms with Crippen LogP contribution in [0.15, 0.2) is 24.8 Å². The van der Waals surface area contributed by atoms with E-state index in [0.29, 0.717) is 0 Å². The Bertz CT molecular complexity index is 453. The first-order valence-corrected chi connectivity index (χ1v) is 5.07. The molecule has 0 spiro atoms. The smallest absolute Gasteiger partial charge is 0.155 e. The Morgan fingerprint density at radius 3 is 2.87 bits per heavy atom. The minimum Gasteiger partial charge on any atom is -0.306 e. The van der Waals surface area contributed by atoms with E-state index in [9.17, 15) is 0 Å². The molecule has 0 aliphatic rings. The molecule has 2 aromatic heterocycles. The van der Waals surface area contributed by atoms with E-state index in [2.05, 4.69) is 36.1 Å².